The number of fused-ring (bicyclic) bond motifs is 1. The molecule has 0 bridgehead atoms. The molecule has 6 nitrogen and oxygen atoms in total. The Labute approximate surface area is 148 Å². The first kappa shape index (κ1) is 17.0. The first-order valence-electron chi connectivity index (χ1n) is 7.56. The molecule has 0 radical (unpaired) electrons. The standard InChI is InChI=1S/C18H15ClN2O4/c1-10(17(23)24)12-3-8-16-15(9-12)20-18(25-16)21(11(2)22)14-6-4-13(19)5-7-14/h3-10H,1-2H3,(H,23,24). The van der Waals surface area contributed by atoms with Crippen LogP contribution in [0.2, 0.25) is 5.02 Å². The van der Waals surface area contributed by atoms with Crippen molar-refractivity contribution < 1.29 is 19.1 Å². The van der Waals surface area contributed by atoms with Gasteiger partial charge < -0.3 is 9.52 Å². The Balaban J connectivity index is 2.05. The summed E-state index contributed by atoms with van der Waals surface area (Å²) in [6.45, 7) is 3.00. The molecule has 1 atom stereocenters. The number of carbonyl (C=O) groups is 2. The van der Waals surface area contributed by atoms with E-state index in [0.29, 0.717) is 27.4 Å². The Morgan fingerprint density at radius 1 is 1.20 bits per heavy atom. The van der Waals surface area contributed by atoms with Crippen LogP contribution in [0.3, 0.4) is 0 Å². The van der Waals surface area contributed by atoms with Gasteiger partial charge in [-0.25, -0.2) is 4.90 Å². The number of halogens is 1. The van der Waals surface area contributed by atoms with Gasteiger partial charge in [-0.1, -0.05) is 17.7 Å². The van der Waals surface area contributed by atoms with E-state index in [2.05, 4.69) is 4.98 Å². The van der Waals surface area contributed by atoms with Gasteiger partial charge in [0.1, 0.15) is 5.52 Å². The third-order valence-corrected chi connectivity index (χ3v) is 4.11. The zero-order valence-corrected chi connectivity index (χ0v) is 14.3. The monoisotopic (exact) mass is 358 g/mol. The summed E-state index contributed by atoms with van der Waals surface area (Å²) in [6.07, 6.45) is 0. The summed E-state index contributed by atoms with van der Waals surface area (Å²) in [5.74, 6) is -1.85. The molecule has 0 saturated heterocycles. The minimum Gasteiger partial charge on any atom is -0.481 e. The number of anilines is 2. The Morgan fingerprint density at radius 3 is 2.48 bits per heavy atom. The normalized spacial score (nSPS) is 12.1. The van der Waals surface area contributed by atoms with Crippen molar-refractivity contribution in [2.24, 2.45) is 0 Å². The summed E-state index contributed by atoms with van der Waals surface area (Å²) in [4.78, 5) is 28.9. The van der Waals surface area contributed by atoms with E-state index < -0.39 is 11.9 Å². The fourth-order valence-electron chi connectivity index (χ4n) is 2.46. The summed E-state index contributed by atoms with van der Waals surface area (Å²) in [7, 11) is 0. The van der Waals surface area contributed by atoms with Crippen LogP contribution in [0.25, 0.3) is 11.1 Å². The van der Waals surface area contributed by atoms with E-state index in [4.69, 9.17) is 21.1 Å². The van der Waals surface area contributed by atoms with Crippen molar-refractivity contribution in [2.75, 3.05) is 4.90 Å². The highest BCUT2D eigenvalue weighted by Gasteiger charge is 2.21. The first-order valence-corrected chi connectivity index (χ1v) is 7.94. The van der Waals surface area contributed by atoms with Crippen molar-refractivity contribution in [3.8, 4) is 0 Å². The van der Waals surface area contributed by atoms with Crippen LogP contribution in [0.1, 0.15) is 25.3 Å². The SMILES string of the molecule is CC(=O)N(c1ccc(Cl)cc1)c1nc2cc(C(C)C(=O)O)ccc2o1. The van der Waals surface area contributed by atoms with Gasteiger partial charge in [-0.2, -0.15) is 4.98 Å². The number of carboxylic acid groups (broad SMARTS) is 1. The lowest BCUT2D eigenvalue weighted by atomic mass is 10.0. The van der Waals surface area contributed by atoms with Crippen LogP contribution in [0.5, 0.6) is 0 Å². The minimum atomic E-state index is -0.922. The maximum Gasteiger partial charge on any atom is 0.310 e. The van der Waals surface area contributed by atoms with Gasteiger partial charge in [-0.15, -0.1) is 0 Å². The molecule has 0 aliphatic carbocycles. The lowest BCUT2D eigenvalue weighted by Crippen LogP contribution is -2.22. The number of hydrogen-bond acceptors (Lipinski definition) is 4. The molecule has 2 aromatic carbocycles. The molecule has 1 heterocycles. The summed E-state index contributed by atoms with van der Waals surface area (Å²) in [5, 5.41) is 9.69. The van der Waals surface area contributed by atoms with E-state index >= 15 is 0 Å². The van der Waals surface area contributed by atoms with E-state index in [0.717, 1.165) is 0 Å². The fourth-order valence-corrected chi connectivity index (χ4v) is 2.58. The Bertz CT molecular complexity index is 949. The molecule has 0 aliphatic heterocycles. The maximum absolute atomic E-state index is 12.1. The van der Waals surface area contributed by atoms with Crippen molar-refractivity contribution in [3.63, 3.8) is 0 Å². The lowest BCUT2D eigenvalue weighted by Gasteiger charge is -2.16. The smallest absolute Gasteiger partial charge is 0.310 e. The van der Waals surface area contributed by atoms with Crippen molar-refractivity contribution in [1.29, 1.82) is 0 Å². The predicted molar refractivity (Wildman–Crippen MR) is 94.3 cm³/mol. The predicted octanol–water partition coefficient (Wildman–Crippen LogP) is 4.35. The lowest BCUT2D eigenvalue weighted by molar-refractivity contribution is -0.138. The van der Waals surface area contributed by atoms with Crippen LogP contribution in [-0.2, 0) is 9.59 Å². The van der Waals surface area contributed by atoms with Gasteiger partial charge in [0.15, 0.2) is 5.58 Å². The number of nitrogens with zero attached hydrogens (tertiary/aromatic N) is 2. The van der Waals surface area contributed by atoms with Gasteiger partial charge >= 0.3 is 12.0 Å². The van der Waals surface area contributed by atoms with Crippen molar-refractivity contribution in [2.45, 2.75) is 19.8 Å². The largest absolute Gasteiger partial charge is 0.481 e. The number of rotatable bonds is 4. The molecule has 7 heteroatoms. The average molecular weight is 359 g/mol. The van der Waals surface area contributed by atoms with E-state index in [1.807, 2.05) is 0 Å². The number of benzene rings is 2. The second-order valence-electron chi connectivity index (χ2n) is 5.61. The molecule has 0 spiro atoms. The van der Waals surface area contributed by atoms with Crippen LogP contribution >= 0.6 is 11.6 Å². The molecular weight excluding hydrogens is 344 g/mol. The number of amides is 1. The van der Waals surface area contributed by atoms with Gasteiger partial charge in [0.2, 0.25) is 5.91 Å². The Kier molecular flexibility index (Phi) is 4.46. The van der Waals surface area contributed by atoms with Crippen LogP contribution in [0.4, 0.5) is 11.7 Å². The molecular formula is C18H15ClN2O4. The van der Waals surface area contributed by atoms with Gasteiger partial charge in [0, 0.05) is 11.9 Å². The molecule has 0 fully saturated rings. The molecule has 25 heavy (non-hydrogen) atoms. The highest BCUT2D eigenvalue weighted by atomic mass is 35.5. The molecule has 3 rings (SSSR count). The number of aromatic nitrogens is 1. The Hall–Kier alpha value is -2.86. The van der Waals surface area contributed by atoms with Gasteiger partial charge in [0.05, 0.1) is 11.6 Å². The van der Waals surface area contributed by atoms with Crippen LogP contribution in [0.15, 0.2) is 46.9 Å². The van der Waals surface area contributed by atoms with E-state index in [1.165, 1.54) is 11.8 Å². The minimum absolute atomic E-state index is 0.116. The van der Waals surface area contributed by atoms with E-state index in [9.17, 15) is 9.59 Å². The first-order chi connectivity index (χ1) is 11.9. The number of carboxylic acids is 1. The second kappa shape index (κ2) is 6.57. The molecule has 1 aromatic heterocycles. The van der Waals surface area contributed by atoms with Gasteiger partial charge in [-0.05, 0) is 48.9 Å². The summed E-state index contributed by atoms with van der Waals surface area (Å²) in [5.41, 5.74) is 2.14. The topological polar surface area (TPSA) is 83.6 Å². The molecule has 3 aromatic rings. The van der Waals surface area contributed by atoms with E-state index in [-0.39, 0.29) is 11.9 Å². The third kappa shape index (κ3) is 3.34. The van der Waals surface area contributed by atoms with Gasteiger partial charge in [-0.3, -0.25) is 9.59 Å². The summed E-state index contributed by atoms with van der Waals surface area (Å²) < 4.78 is 5.68. The molecule has 1 amide bonds. The molecule has 0 aliphatic rings. The summed E-state index contributed by atoms with van der Waals surface area (Å²) in [6, 6.07) is 11.8. The van der Waals surface area contributed by atoms with Crippen LogP contribution in [0, 0.1) is 0 Å². The van der Waals surface area contributed by atoms with Crippen molar-refractivity contribution >= 4 is 46.3 Å². The number of carbonyl (C=O) groups excluding carboxylic acids is 1. The van der Waals surface area contributed by atoms with Crippen molar-refractivity contribution in [3.05, 3.63) is 53.1 Å². The maximum atomic E-state index is 12.1. The second-order valence-corrected chi connectivity index (χ2v) is 6.05. The Morgan fingerprint density at radius 2 is 1.88 bits per heavy atom. The van der Waals surface area contributed by atoms with Crippen molar-refractivity contribution in [1.82, 2.24) is 4.98 Å². The average Bonchev–Trinajstić information content (AvgIpc) is 2.98. The zero-order chi connectivity index (χ0) is 18.1. The zero-order valence-electron chi connectivity index (χ0n) is 13.6. The highest BCUT2D eigenvalue weighted by Crippen LogP contribution is 2.30. The molecule has 1 unspecified atom stereocenters. The fraction of sp³-hybridized carbons (Fsp3) is 0.167. The molecule has 0 saturated carbocycles. The quantitative estimate of drug-likeness (QED) is 0.749. The van der Waals surface area contributed by atoms with Crippen LogP contribution in [-0.4, -0.2) is 22.0 Å². The number of oxazole rings is 1. The highest BCUT2D eigenvalue weighted by molar-refractivity contribution is 6.30. The number of aliphatic carboxylic acids is 1. The number of hydrogen-bond donors (Lipinski definition) is 1. The van der Waals surface area contributed by atoms with Gasteiger partial charge in [0.25, 0.3) is 0 Å². The molecule has 128 valence electrons. The summed E-state index contributed by atoms with van der Waals surface area (Å²) >= 11 is 5.89. The third-order valence-electron chi connectivity index (χ3n) is 3.86. The van der Waals surface area contributed by atoms with E-state index in [1.54, 1.807) is 49.4 Å². The van der Waals surface area contributed by atoms with Crippen LogP contribution < -0.4 is 4.90 Å². The molecule has 1 N–H and O–H groups in total.